The van der Waals surface area contributed by atoms with Gasteiger partial charge in [0, 0.05) is 17.8 Å². The van der Waals surface area contributed by atoms with Crippen LogP contribution in [0.1, 0.15) is 20.3 Å². The number of carboxylic acid groups (broad SMARTS) is 1. The van der Waals surface area contributed by atoms with E-state index < -0.39 is 17.9 Å². The van der Waals surface area contributed by atoms with E-state index in [9.17, 15) is 14.4 Å². The number of aliphatic carboxylic acids is 1. The third-order valence-corrected chi connectivity index (χ3v) is 2.72. The summed E-state index contributed by atoms with van der Waals surface area (Å²) in [7, 11) is 0. The summed E-state index contributed by atoms with van der Waals surface area (Å²) in [6, 6.07) is -0.754. The zero-order valence-corrected chi connectivity index (χ0v) is 10.3. The second-order valence-corrected chi connectivity index (χ2v) is 4.04. The molecule has 1 saturated heterocycles. The number of hydrogen-bond donors (Lipinski definition) is 3. The van der Waals surface area contributed by atoms with E-state index in [1.165, 1.54) is 13.8 Å². The summed E-state index contributed by atoms with van der Waals surface area (Å²) in [5.41, 5.74) is -0.0928. The van der Waals surface area contributed by atoms with Crippen molar-refractivity contribution in [2.75, 3.05) is 13.2 Å². The number of ether oxygens (including phenoxy) is 1. The normalized spacial score (nSPS) is 20.0. The Balaban J connectivity index is 2.51. The van der Waals surface area contributed by atoms with E-state index in [0.29, 0.717) is 19.6 Å². The van der Waals surface area contributed by atoms with Crippen LogP contribution in [0.3, 0.4) is 0 Å². The van der Waals surface area contributed by atoms with Gasteiger partial charge in [-0.25, -0.2) is 9.59 Å². The van der Waals surface area contributed by atoms with E-state index in [1.807, 2.05) is 0 Å². The molecule has 1 aliphatic heterocycles. The third kappa shape index (κ3) is 3.85. The Morgan fingerprint density at radius 3 is 2.39 bits per heavy atom. The lowest BCUT2D eigenvalue weighted by Gasteiger charge is -2.11. The van der Waals surface area contributed by atoms with Crippen molar-refractivity contribution < 1.29 is 24.2 Å². The van der Waals surface area contributed by atoms with Crippen LogP contribution in [0.4, 0.5) is 4.79 Å². The van der Waals surface area contributed by atoms with Gasteiger partial charge in [-0.15, -0.1) is 0 Å². The van der Waals surface area contributed by atoms with Crippen LogP contribution in [0.25, 0.3) is 0 Å². The second kappa shape index (κ2) is 6.15. The highest BCUT2D eigenvalue weighted by Gasteiger charge is 2.20. The van der Waals surface area contributed by atoms with Crippen molar-refractivity contribution >= 4 is 17.9 Å². The average molecular weight is 256 g/mol. The molecule has 7 heteroatoms. The molecule has 0 aromatic rings. The molecule has 1 unspecified atom stereocenters. The van der Waals surface area contributed by atoms with Gasteiger partial charge >= 0.3 is 12.0 Å². The monoisotopic (exact) mass is 256 g/mol. The molecule has 0 aromatic heterocycles. The molecule has 0 saturated carbocycles. The Morgan fingerprint density at radius 2 is 1.89 bits per heavy atom. The minimum Gasteiger partial charge on any atom is -0.478 e. The predicted molar refractivity (Wildman–Crippen MR) is 61.9 cm³/mol. The van der Waals surface area contributed by atoms with Gasteiger partial charge in [-0.3, -0.25) is 10.1 Å². The number of rotatable bonds is 3. The Kier molecular flexibility index (Phi) is 4.85. The Hall–Kier alpha value is -1.89. The van der Waals surface area contributed by atoms with Gasteiger partial charge < -0.3 is 15.2 Å². The smallest absolute Gasteiger partial charge is 0.331 e. The predicted octanol–water partition coefficient (Wildman–Crippen LogP) is 0.0221. The Labute approximate surface area is 104 Å². The van der Waals surface area contributed by atoms with Crippen molar-refractivity contribution in [1.29, 1.82) is 0 Å². The van der Waals surface area contributed by atoms with Gasteiger partial charge in [-0.05, 0) is 20.3 Å². The maximum Gasteiger partial charge on any atom is 0.331 e. The van der Waals surface area contributed by atoms with E-state index in [1.54, 1.807) is 0 Å². The van der Waals surface area contributed by atoms with Gasteiger partial charge in [0.25, 0.3) is 5.91 Å². The summed E-state index contributed by atoms with van der Waals surface area (Å²) in [4.78, 5) is 33.6. The van der Waals surface area contributed by atoms with Crippen LogP contribution < -0.4 is 10.6 Å². The molecule has 1 aliphatic rings. The van der Waals surface area contributed by atoms with Gasteiger partial charge in [0.15, 0.2) is 0 Å². The molecule has 3 N–H and O–H groups in total. The fraction of sp³-hybridized carbons (Fsp3) is 0.545. The van der Waals surface area contributed by atoms with Crippen LogP contribution in [0, 0.1) is 0 Å². The molecule has 0 aromatic carbocycles. The number of carboxylic acids is 1. The fourth-order valence-electron chi connectivity index (χ4n) is 1.40. The first-order chi connectivity index (χ1) is 8.41. The molecule has 100 valence electrons. The molecule has 0 aliphatic carbocycles. The number of nitrogens with one attached hydrogen (secondary N) is 2. The maximum atomic E-state index is 11.5. The zero-order chi connectivity index (χ0) is 13.7. The lowest BCUT2D eigenvalue weighted by Crippen LogP contribution is -2.45. The lowest BCUT2D eigenvalue weighted by atomic mass is 10.1. The average Bonchev–Trinajstić information content (AvgIpc) is 2.79. The molecule has 1 fully saturated rings. The van der Waals surface area contributed by atoms with Crippen molar-refractivity contribution in [3.63, 3.8) is 0 Å². The van der Waals surface area contributed by atoms with Crippen molar-refractivity contribution in [2.45, 2.75) is 26.3 Å². The molecule has 0 bridgehead atoms. The SMILES string of the molecule is CC(C(=O)O)=C(C)C(=O)NC(=O)NC1CCOC1. The number of urea groups is 1. The highest BCUT2D eigenvalue weighted by Crippen LogP contribution is 2.04. The van der Waals surface area contributed by atoms with Crippen molar-refractivity contribution in [3.05, 3.63) is 11.1 Å². The van der Waals surface area contributed by atoms with E-state index in [-0.39, 0.29) is 17.2 Å². The molecule has 0 radical (unpaired) electrons. The first-order valence-corrected chi connectivity index (χ1v) is 5.52. The van der Waals surface area contributed by atoms with E-state index >= 15 is 0 Å². The van der Waals surface area contributed by atoms with Crippen LogP contribution in [-0.4, -0.2) is 42.3 Å². The maximum absolute atomic E-state index is 11.5. The molecule has 1 rings (SSSR count). The summed E-state index contributed by atoms with van der Waals surface area (Å²) >= 11 is 0. The van der Waals surface area contributed by atoms with E-state index in [2.05, 4.69) is 10.6 Å². The van der Waals surface area contributed by atoms with Gasteiger partial charge in [0.05, 0.1) is 12.6 Å². The molecule has 0 spiro atoms. The molecule has 7 nitrogen and oxygen atoms in total. The van der Waals surface area contributed by atoms with Crippen molar-refractivity contribution in [2.24, 2.45) is 0 Å². The standard InChI is InChI=1S/C11H16N2O5/c1-6(7(2)10(15)16)9(14)13-11(17)12-8-3-4-18-5-8/h8H,3-5H2,1-2H3,(H,15,16)(H2,12,13,14,17). The summed E-state index contributed by atoms with van der Waals surface area (Å²) in [5.74, 6) is -1.90. The number of carbonyl (C=O) groups excluding carboxylic acids is 2. The van der Waals surface area contributed by atoms with Gasteiger partial charge in [0.1, 0.15) is 0 Å². The fourth-order valence-corrected chi connectivity index (χ4v) is 1.40. The first kappa shape index (κ1) is 14.2. The minimum absolute atomic E-state index is 0.000298. The van der Waals surface area contributed by atoms with Crippen molar-refractivity contribution in [1.82, 2.24) is 10.6 Å². The van der Waals surface area contributed by atoms with Crippen LogP contribution in [0.15, 0.2) is 11.1 Å². The molecule has 3 amide bonds. The summed E-state index contributed by atoms with van der Waals surface area (Å²) in [6.07, 6.45) is 0.699. The van der Waals surface area contributed by atoms with Crippen molar-refractivity contribution in [3.8, 4) is 0 Å². The number of amides is 3. The molecule has 18 heavy (non-hydrogen) atoms. The topological polar surface area (TPSA) is 105 Å². The Bertz CT molecular complexity index is 396. The van der Waals surface area contributed by atoms with Crippen LogP contribution in [0.2, 0.25) is 0 Å². The van der Waals surface area contributed by atoms with Crippen LogP contribution in [-0.2, 0) is 14.3 Å². The van der Waals surface area contributed by atoms with E-state index in [4.69, 9.17) is 9.84 Å². The summed E-state index contributed by atoms with van der Waals surface area (Å²) in [5, 5.41) is 13.4. The minimum atomic E-state index is -1.19. The summed E-state index contributed by atoms with van der Waals surface area (Å²) < 4.78 is 5.07. The van der Waals surface area contributed by atoms with Crippen LogP contribution in [0.5, 0.6) is 0 Å². The number of hydrogen-bond acceptors (Lipinski definition) is 4. The number of carbonyl (C=O) groups is 3. The molecule has 1 atom stereocenters. The quantitative estimate of drug-likeness (QED) is 0.617. The van der Waals surface area contributed by atoms with Gasteiger partial charge in [-0.1, -0.05) is 0 Å². The largest absolute Gasteiger partial charge is 0.478 e. The second-order valence-electron chi connectivity index (χ2n) is 4.04. The highest BCUT2D eigenvalue weighted by molar-refractivity contribution is 6.07. The Morgan fingerprint density at radius 1 is 1.22 bits per heavy atom. The van der Waals surface area contributed by atoms with Gasteiger partial charge in [-0.2, -0.15) is 0 Å². The number of imide groups is 1. The van der Waals surface area contributed by atoms with E-state index in [0.717, 1.165) is 0 Å². The molecular weight excluding hydrogens is 240 g/mol. The highest BCUT2D eigenvalue weighted by atomic mass is 16.5. The first-order valence-electron chi connectivity index (χ1n) is 5.52. The lowest BCUT2D eigenvalue weighted by molar-refractivity contribution is -0.133. The third-order valence-electron chi connectivity index (χ3n) is 2.72. The van der Waals surface area contributed by atoms with Crippen LogP contribution >= 0.6 is 0 Å². The zero-order valence-electron chi connectivity index (χ0n) is 10.3. The van der Waals surface area contributed by atoms with Gasteiger partial charge in [0.2, 0.25) is 0 Å². The summed E-state index contributed by atoms with van der Waals surface area (Å²) in [6.45, 7) is 3.66. The molecular formula is C11H16N2O5. The molecule has 1 heterocycles.